The van der Waals surface area contributed by atoms with E-state index < -0.39 is 0 Å². The fraction of sp³-hybridized carbons (Fsp3) is 0.917. The molecular formula is C12H25ClN2O. The number of nitrogens with two attached hydrogens (primary N) is 1. The number of carbonyl (C=O) groups excluding carboxylic acids is 1. The summed E-state index contributed by atoms with van der Waals surface area (Å²) in [6.07, 6.45) is 4.95. The van der Waals surface area contributed by atoms with Crippen LogP contribution in [0.1, 0.15) is 46.5 Å². The zero-order chi connectivity index (χ0) is 11.5. The molecule has 1 fully saturated rings. The van der Waals surface area contributed by atoms with Gasteiger partial charge in [0.2, 0.25) is 5.91 Å². The monoisotopic (exact) mass is 248 g/mol. The zero-order valence-corrected chi connectivity index (χ0v) is 11.4. The fourth-order valence-electron chi connectivity index (χ4n) is 1.92. The van der Waals surface area contributed by atoms with E-state index in [-0.39, 0.29) is 30.3 Å². The van der Waals surface area contributed by atoms with Gasteiger partial charge >= 0.3 is 0 Å². The summed E-state index contributed by atoms with van der Waals surface area (Å²) in [6.45, 7) is 6.97. The average molecular weight is 249 g/mol. The molecule has 96 valence electrons. The van der Waals surface area contributed by atoms with Crippen LogP contribution >= 0.6 is 12.4 Å². The van der Waals surface area contributed by atoms with E-state index in [1.807, 2.05) is 13.8 Å². The third-order valence-corrected chi connectivity index (χ3v) is 3.40. The van der Waals surface area contributed by atoms with Crippen molar-refractivity contribution >= 4 is 18.3 Å². The SMILES string of the molecule is CCCC1(CNC(=O)C(N)C(C)C)CC1.Cl. The Morgan fingerprint density at radius 3 is 2.38 bits per heavy atom. The lowest BCUT2D eigenvalue weighted by atomic mass is 10.00. The zero-order valence-electron chi connectivity index (χ0n) is 10.6. The van der Waals surface area contributed by atoms with Crippen molar-refractivity contribution in [2.75, 3.05) is 6.54 Å². The van der Waals surface area contributed by atoms with Gasteiger partial charge in [0.15, 0.2) is 0 Å². The lowest BCUT2D eigenvalue weighted by molar-refractivity contribution is -0.123. The Labute approximate surface area is 105 Å². The highest BCUT2D eigenvalue weighted by Gasteiger charge is 2.41. The van der Waals surface area contributed by atoms with E-state index >= 15 is 0 Å². The Bertz CT molecular complexity index is 227. The molecule has 0 bridgehead atoms. The van der Waals surface area contributed by atoms with E-state index in [1.54, 1.807) is 0 Å². The van der Waals surface area contributed by atoms with E-state index in [9.17, 15) is 4.79 Å². The molecule has 1 rings (SSSR count). The minimum Gasteiger partial charge on any atom is -0.354 e. The molecule has 4 heteroatoms. The maximum Gasteiger partial charge on any atom is 0.237 e. The van der Waals surface area contributed by atoms with E-state index in [2.05, 4.69) is 12.2 Å². The molecule has 0 aromatic rings. The summed E-state index contributed by atoms with van der Waals surface area (Å²) in [5, 5.41) is 2.99. The van der Waals surface area contributed by atoms with Crippen molar-refractivity contribution in [3.05, 3.63) is 0 Å². The first-order valence-electron chi connectivity index (χ1n) is 6.04. The Morgan fingerprint density at radius 2 is 2.00 bits per heavy atom. The molecular weight excluding hydrogens is 224 g/mol. The van der Waals surface area contributed by atoms with Gasteiger partial charge in [0.05, 0.1) is 6.04 Å². The van der Waals surface area contributed by atoms with Crippen LogP contribution in [0.2, 0.25) is 0 Å². The first-order valence-corrected chi connectivity index (χ1v) is 6.04. The number of hydrogen-bond donors (Lipinski definition) is 2. The summed E-state index contributed by atoms with van der Waals surface area (Å²) in [6, 6.07) is -0.359. The molecule has 1 saturated carbocycles. The number of rotatable bonds is 6. The number of halogens is 1. The number of hydrogen-bond acceptors (Lipinski definition) is 2. The smallest absolute Gasteiger partial charge is 0.237 e. The molecule has 0 aliphatic heterocycles. The third kappa shape index (κ3) is 4.30. The molecule has 1 atom stereocenters. The molecule has 0 spiro atoms. The minimum atomic E-state index is -0.359. The summed E-state index contributed by atoms with van der Waals surface area (Å²) < 4.78 is 0. The molecule has 1 aliphatic rings. The van der Waals surface area contributed by atoms with E-state index in [4.69, 9.17) is 5.73 Å². The normalized spacial score (nSPS) is 18.8. The predicted octanol–water partition coefficient (Wildman–Crippen LogP) is 2.09. The van der Waals surface area contributed by atoms with Crippen molar-refractivity contribution in [1.82, 2.24) is 5.32 Å². The first-order chi connectivity index (χ1) is 7.01. The van der Waals surface area contributed by atoms with Crippen molar-refractivity contribution in [3.8, 4) is 0 Å². The van der Waals surface area contributed by atoms with E-state index in [1.165, 1.54) is 25.7 Å². The van der Waals surface area contributed by atoms with Crippen molar-refractivity contribution in [1.29, 1.82) is 0 Å². The molecule has 3 nitrogen and oxygen atoms in total. The Kier molecular flexibility index (Phi) is 6.34. The van der Waals surface area contributed by atoms with Crippen molar-refractivity contribution in [2.24, 2.45) is 17.1 Å². The van der Waals surface area contributed by atoms with Crippen LogP contribution in [0, 0.1) is 11.3 Å². The summed E-state index contributed by atoms with van der Waals surface area (Å²) >= 11 is 0. The predicted molar refractivity (Wildman–Crippen MR) is 69.6 cm³/mol. The second-order valence-corrected chi connectivity index (χ2v) is 5.24. The van der Waals surface area contributed by atoms with Crippen LogP contribution < -0.4 is 11.1 Å². The maximum atomic E-state index is 11.6. The summed E-state index contributed by atoms with van der Waals surface area (Å²) in [4.78, 5) is 11.6. The highest BCUT2D eigenvalue weighted by Crippen LogP contribution is 2.48. The van der Waals surface area contributed by atoms with Gasteiger partial charge in [-0.3, -0.25) is 4.79 Å². The molecule has 0 aromatic carbocycles. The second-order valence-electron chi connectivity index (χ2n) is 5.24. The third-order valence-electron chi connectivity index (χ3n) is 3.40. The lowest BCUT2D eigenvalue weighted by Gasteiger charge is -2.19. The van der Waals surface area contributed by atoms with Gasteiger partial charge in [-0.05, 0) is 30.6 Å². The van der Waals surface area contributed by atoms with Gasteiger partial charge in [0.25, 0.3) is 0 Å². The van der Waals surface area contributed by atoms with Gasteiger partial charge in [0, 0.05) is 6.54 Å². The molecule has 3 N–H and O–H groups in total. The molecule has 1 amide bonds. The quantitative estimate of drug-likeness (QED) is 0.756. The fourth-order valence-corrected chi connectivity index (χ4v) is 1.92. The van der Waals surface area contributed by atoms with Crippen LogP contribution in [0.15, 0.2) is 0 Å². The van der Waals surface area contributed by atoms with Crippen LogP contribution in [-0.4, -0.2) is 18.5 Å². The van der Waals surface area contributed by atoms with E-state index in [0.717, 1.165) is 6.54 Å². The summed E-state index contributed by atoms with van der Waals surface area (Å²) in [5.41, 5.74) is 6.19. The first kappa shape index (κ1) is 15.7. The van der Waals surface area contributed by atoms with Gasteiger partial charge in [-0.2, -0.15) is 0 Å². The average Bonchev–Trinajstić information content (AvgIpc) is 2.94. The van der Waals surface area contributed by atoms with E-state index in [0.29, 0.717) is 5.41 Å². The van der Waals surface area contributed by atoms with Crippen molar-refractivity contribution in [2.45, 2.75) is 52.5 Å². The van der Waals surface area contributed by atoms with Gasteiger partial charge < -0.3 is 11.1 Å². The minimum absolute atomic E-state index is 0. The highest BCUT2D eigenvalue weighted by molar-refractivity contribution is 5.85. The number of carbonyl (C=O) groups is 1. The molecule has 0 heterocycles. The molecule has 1 unspecified atom stereocenters. The number of nitrogens with one attached hydrogen (secondary N) is 1. The standard InChI is InChI=1S/C12H24N2O.ClH/c1-4-5-12(6-7-12)8-14-11(15)10(13)9(2)3;/h9-10H,4-8,13H2,1-3H3,(H,14,15);1H. The summed E-state index contributed by atoms with van der Waals surface area (Å²) in [5.74, 6) is 0.221. The topological polar surface area (TPSA) is 55.1 Å². The van der Waals surface area contributed by atoms with Gasteiger partial charge in [-0.25, -0.2) is 0 Å². The van der Waals surface area contributed by atoms with Crippen molar-refractivity contribution in [3.63, 3.8) is 0 Å². The van der Waals surface area contributed by atoms with Gasteiger partial charge in [-0.1, -0.05) is 27.2 Å². The Balaban J connectivity index is 0.00000225. The number of amides is 1. The van der Waals surface area contributed by atoms with Crippen LogP contribution in [0.5, 0.6) is 0 Å². The maximum absolute atomic E-state index is 11.6. The van der Waals surface area contributed by atoms with Crippen LogP contribution in [0.25, 0.3) is 0 Å². The Morgan fingerprint density at radius 1 is 1.44 bits per heavy atom. The summed E-state index contributed by atoms with van der Waals surface area (Å²) in [7, 11) is 0. The Hall–Kier alpha value is -0.280. The van der Waals surface area contributed by atoms with Gasteiger partial charge in [-0.15, -0.1) is 12.4 Å². The molecule has 0 saturated heterocycles. The highest BCUT2D eigenvalue weighted by atomic mass is 35.5. The van der Waals surface area contributed by atoms with Gasteiger partial charge in [0.1, 0.15) is 0 Å². The molecule has 0 aromatic heterocycles. The largest absolute Gasteiger partial charge is 0.354 e. The van der Waals surface area contributed by atoms with Crippen molar-refractivity contribution < 1.29 is 4.79 Å². The molecule has 1 aliphatic carbocycles. The van der Waals surface area contributed by atoms with Crippen LogP contribution in [0.4, 0.5) is 0 Å². The van der Waals surface area contributed by atoms with Crippen LogP contribution in [-0.2, 0) is 4.79 Å². The lowest BCUT2D eigenvalue weighted by Crippen LogP contribution is -2.45. The molecule has 16 heavy (non-hydrogen) atoms. The molecule has 0 radical (unpaired) electrons. The van der Waals surface area contributed by atoms with Crippen LogP contribution in [0.3, 0.4) is 0 Å². The second kappa shape index (κ2) is 6.45.